The molecule has 9 heteroatoms. The van der Waals surface area contributed by atoms with Crippen LogP contribution in [-0.2, 0) is 4.79 Å². The Balaban J connectivity index is 3.73. The first-order valence-electron chi connectivity index (χ1n) is 4.75. The number of benzene rings is 1. The lowest BCUT2D eigenvalue weighted by atomic mass is 10.1. The van der Waals surface area contributed by atoms with Gasteiger partial charge in [0.25, 0.3) is 0 Å². The Morgan fingerprint density at radius 2 is 1.63 bits per heavy atom. The molecule has 0 aliphatic rings. The lowest BCUT2D eigenvalue weighted by Gasteiger charge is -2.18. The van der Waals surface area contributed by atoms with E-state index in [1.54, 1.807) is 22.6 Å². The number of hydrogen-bond acceptors (Lipinski definition) is 4. The minimum absolute atomic E-state index is 0.0616. The summed E-state index contributed by atoms with van der Waals surface area (Å²) in [5.41, 5.74) is 0.283. The molecule has 1 aromatic carbocycles. The Morgan fingerprint density at radius 1 is 1.11 bits per heavy atom. The van der Waals surface area contributed by atoms with Crippen molar-refractivity contribution in [3.05, 3.63) is 21.8 Å². The number of carboxylic acid groups (broad SMARTS) is 1. The summed E-state index contributed by atoms with van der Waals surface area (Å²) >= 11 is 5.41. The Hall–Kier alpha value is 0.270. The van der Waals surface area contributed by atoms with Crippen molar-refractivity contribution in [2.24, 2.45) is 0 Å². The molecule has 19 heavy (non-hydrogen) atoms. The van der Waals surface area contributed by atoms with Crippen LogP contribution >= 0.6 is 67.8 Å². The fourth-order valence-electron chi connectivity index (χ4n) is 1.38. The summed E-state index contributed by atoms with van der Waals surface area (Å²) in [6, 6.07) is 0. The largest absolute Gasteiger partial charge is 0.478 e. The number of carbonyl (C=O) groups is 2. The van der Waals surface area contributed by atoms with E-state index in [0.29, 0.717) is 7.14 Å². The fourth-order valence-corrected chi connectivity index (χ4v) is 5.84. The number of hydrogen-bond donors (Lipinski definition) is 4. The van der Waals surface area contributed by atoms with Crippen LogP contribution in [0.1, 0.15) is 29.1 Å². The predicted molar refractivity (Wildman–Crippen MR) is 93.0 cm³/mol. The third kappa shape index (κ3) is 3.68. The van der Waals surface area contributed by atoms with Gasteiger partial charge < -0.3 is 20.6 Å². The van der Waals surface area contributed by atoms with Crippen molar-refractivity contribution < 1.29 is 24.9 Å². The predicted octanol–water partition coefficient (Wildman–Crippen LogP) is 2.14. The first-order chi connectivity index (χ1) is 8.68. The average Bonchev–Trinajstić information content (AvgIpc) is 2.22. The molecule has 0 unspecified atom stereocenters. The van der Waals surface area contributed by atoms with Crippen molar-refractivity contribution in [3.63, 3.8) is 0 Å². The maximum atomic E-state index is 11.3. The van der Waals surface area contributed by atoms with Gasteiger partial charge in [0, 0.05) is 19.6 Å². The number of amides is 1. The van der Waals surface area contributed by atoms with E-state index in [1.165, 1.54) is 6.92 Å². The van der Waals surface area contributed by atoms with E-state index in [9.17, 15) is 24.9 Å². The van der Waals surface area contributed by atoms with E-state index in [-0.39, 0.29) is 26.3 Å². The number of nitrogens with one attached hydrogen (secondary N) is 1. The first kappa shape index (κ1) is 17.3. The Bertz CT molecular complexity index is 559. The van der Waals surface area contributed by atoms with Crippen LogP contribution in [-0.4, -0.2) is 27.2 Å². The third-order valence-electron chi connectivity index (χ3n) is 2.12. The highest BCUT2D eigenvalue weighted by molar-refractivity contribution is 14.1. The molecule has 1 aromatic rings. The van der Waals surface area contributed by atoms with Crippen LogP contribution in [0, 0.1) is 10.7 Å². The second kappa shape index (κ2) is 6.82. The molecule has 104 valence electrons. The standard InChI is InChI=1S/C10H8I3NO5/c1-2(15)14-8-6(12)3(9(16)17)5(11)4(7(8)13)10(18)19/h9,16-17H,1H3,(H,14,15)(H,18,19). The minimum atomic E-state index is -1.82. The van der Waals surface area contributed by atoms with Crippen LogP contribution in [0.5, 0.6) is 0 Å². The molecule has 0 aliphatic heterocycles. The van der Waals surface area contributed by atoms with Gasteiger partial charge in [0.1, 0.15) is 0 Å². The summed E-state index contributed by atoms with van der Waals surface area (Å²) in [6.45, 7) is 1.29. The second-order valence-electron chi connectivity index (χ2n) is 3.47. The zero-order valence-corrected chi connectivity index (χ0v) is 15.8. The number of carboxylic acids is 1. The summed E-state index contributed by atoms with van der Waals surface area (Å²) in [6.07, 6.45) is -1.82. The lowest BCUT2D eigenvalue weighted by molar-refractivity contribution is -0.114. The number of anilines is 1. The summed E-state index contributed by atoms with van der Waals surface area (Å²) in [4.78, 5) is 22.5. The van der Waals surface area contributed by atoms with Gasteiger partial charge in [0.2, 0.25) is 5.91 Å². The van der Waals surface area contributed by atoms with Gasteiger partial charge in [-0.1, -0.05) is 0 Å². The molecule has 0 saturated carbocycles. The molecule has 0 radical (unpaired) electrons. The number of aliphatic hydroxyl groups is 2. The molecule has 0 atom stereocenters. The van der Waals surface area contributed by atoms with E-state index < -0.39 is 12.3 Å². The van der Waals surface area contributed by atoms with Gasteiger partial charge in [0.05, 0.1) is 14.8 Å². The van der Waals surface area contributed by atoms with Crippen LogP contribution in [0.2, 0.25) is 0 Å². The molecule has 1 amide bonds. The zero-order chi connectivity index (χ0) is 14.9. The molecular formula is C10H8I3NO5. The highest BCUT2D eigenvalue weighted by Crippen LogP contribution is 2.37. The quantitative estimate of drug-likeness (QED) is 0.314. The molecule has 0 aliphatic carbocycles. The van der Waals surface area contributed by atoms with Gasteiger partial charge in [-0.3, -0.25) is 4.79 Å². The van der Waals surface area contributed by atoms with Crippen molar-refractivity contribution in [1.82, 2.24) is 0 Å². The molecule has 0 heterocycles. The summed E-state index contributed by atoms with van der Waals surface area (Å²) in [5, 5.41) is 30.5. The summed E-state index contributed by atoms with van der Waals surface area (Å²) in [5.74, 6) is -1.56. The van der Waals surface area contributed by atoms with Crippen LogP contribution in [0.4, 0.5) is 5.69 Å². The molecular weight excluding hydrogens is 595 g/mol. The van der Waals surface area contributed by atoms with Crippen molar-refractivity contribution in [2.75, 3.05) is 5.32 Å². The highest BCUT2D eigenvalue weighted by Gasteiger charge is 2.27. The van der Waals surface area contributed by atoms with Crippen LogP contribution in [0.3, 0.4) is 0 Å². The van der Waals surface area contributed by atoms with E-state index in [0.717, 1.165) is 0 Å². The van der Waals surface area contributed by atoms with Crippen LogP contribution in [0.25, 0.3) is 0 Å². The van der Waals surface area contributed by atoms with Gasteiger partial charge in [-0.15, -0.1) is 0 Å². The average molecular weight is 603 g/mol. The van der Waals surface area contributed by atoms with Gasteiger partial charge in [-0.05, 0) is 67.8 Å². The normalized spacial score (nSPS) is 10.7. The van der Waals surface area contributed by atoms with Crippen molar-refractivity contribution in [2.45, 2.75) is 13.2 Å². The van der Waals surface area contributed by atoms with Gasteiger partial charge in [-0.2, -0.15) is 0 Å². The van der Waals surface area contributed by atoms with Gasteiger partial charge in [-0.25, -0.2) is 4.79 Å². The smallest absolute Gasteiger partial charge is 0.337 e. The maximum absolute atomic E-state index is 11.3. The van der Waals surface area contributed by atoms with E-state index in [4.69, 9.17) is 0 Å². The van der Waals surface area contributed by atoms with Crippen LogP contribution < -0.4 is 5.32 Å². The Kier molecular flexibility index (Phi) is 6.22. The number of halogens is 3. The van der Waals surface area contributed by atoms with Crippen molar-refractivity contribution in [3.8, 4) is 0 Å². The number of aromatic carboxylic acids is 1. The molecule has 1 rings (SSSR count). The number of aliphatic hydroxyl groups excluding tert-OH is 1. The fraction of sp³-hybridized carbons (Fsp3) is 0.200. The number of carbonyl (C=O) groups excluding carboxylic acids is 1. The van der Waals surface area contributed by atoms with Crippen molar-refractivity contribution >= 4 is 85.3 Å². The first-order valence-corrected chi connectivity index (χ1v) is 7.99. The molecule has 0 aromatic heterocycles. The maximum Gasteiger partial charge on any atom is 0.337 e. The second-order valence-corrected chi connectivity index (χ2v) is 6.70. The zero-order valence-electron chi connectivity index (χ0n) is 9.37. The van der Waals surface area contributed by atoms with Gasteiger partial charge in [0.15, 0.2) is 6.29 Å². The number of rotatable bonds is 3. The summed E-state index contributed by atoms with van der Waals surface area (Å²) in [7, 11) is 0. The molecule has 0 bridgehead atoms. The Labute approximate surface area is 149 Å². The monoisotopic (exact) mass is 603 g/mol. The Morgan fingerprint density at radius 3 is 2.00 bits per heavy atom. The summed E-state index contributed by atoms with van der Waals surface area (Å²) < 4.78 is 0.989. The topological polar surface area (TPSA) is 107 Å². The molecule has 0 saturated heterocycles. The van der Waals surface area contributed by atoms with E-state index in [1.807, 2.05) is 45.2 Å². The molecule has 6 nitrogen and oxygen atoms in total. The highest BCUT2D eigenvalue weighted by atomic mass is 127. The van der Waals surface area contributed by atoms with Crippen LogP contribution in [0.15, 0.2) is 0 Å². The lowest BCUT2D eigenvalue weighted by Crippen LogP contribution is -2.17. The van der Waals surface area contributed by atoms with Gasteiger partial charge >= 0.3 is 5.97 Å². The third-order valence-corrected chi connectivity index (χ3v) is 5.44. The SMILES string of the molecule is CC(=O)Nc1c(I)c(C(=O)O)c(I)c(C(O)O)c1I. The minimum Gasteiger partial charge on any atom is -0.478 e. The van der Waals surface area contributed by atoms with E-state index >= 15 is 0 Å². The van der Waals surface area contributed by atoms with E-state index in [2.05, 4.69) is 5.32 Å². The van der Waals surface area contributed by atoms with Crippen molar-refractivity contribution in [1.29, 1.82) is 0 Å². The molecule has 0 spiro atoms. The molecule has 0 fully saturated rings. The molecule has 4 N–H and O–H groups in total.